The van der Waals surface area contributed by atoms with Crippen LogP contribution in [-0.4, -0.2) is 28.8 Å². The predicted molar refractivity (Wildman–Crippen MR) is 99.2 cm³/mol. The van der Waals surface area contributed by atoms with Gasteiger partial charge in [0.05, 0.1) is 17.3 Å². The Hall–Kier alpha value is -1.85. The number of benzene rings is 1. The molecule has 1 aliphatic rings. The van der Waals surface area contributed by atoms with Crippen molar-refractivity contribution in [3.05, 3.63) is 41.6 Å². The highest BCUT2D eigenvalue weighted by atomic mass is 35.5. The molecule has 6 heteroatoms. The summed E-state index contributed by atoms with van der Waals surface area (Å²) in [5, 5.41) is 11.0. The van der Waals surface area contributed by atoms with Gasteiger partial charge in [-0.25, -0.2) is 4.68 Å². The van der Waals surface area contributed by atoms with Crippen LogP contribution in [0.3, 0.4) is 0 Å². The average Bonchev–Trinajstić information content (AvgIpc) is 3.17. The van der Waals surface area contributed by atoms with Gasteiger partial charge in [0.25, 0.3) is 0 Å². The number of carbonyl (C=O) groups is 1. The number of anilines is 1. The normalized spacial score (nSPS) is 16.9. The maximum absolute atomic E-state index is 12.4. The molecular formula is C18H25ClN4O. The Morgan fingerprint density at radius 3 is 2.62 bits per heavy atom. The Morgan fingerprint density at radius 1 is 1.33 bits per heavy atom. The van der Waals surface area contributed by atoms with E-state index in [4.69, 9.17) is 0 Å². The van der Waals surface area contributed by atoms with Crippen molar-refractivity contribution in [3.63, 3.8) is 0 Å². The first-order chi connectivity index (χ1) is 11.0. The number of carbonyl (C=O) groups excluding carboxylic acids is 1. The molecule has 0 aliphatic carbocycles. The van der Waals surface area contributed by atoms with E-state index in [0.717, 1.165) is 36.7 Å². The van der Waals surface area contributed by atoms with Crippen LogP contribution in [0.4, 0.5) is 5.82 Å². The topological polar surface area (TPSA) is 59.0 Å². The second kappa shape index (κ2) is 7.81. The molecule has 2 N–H and O–H groups in total. The fourth-order valence-electron chi connectivity index (χ4n) is 2.76. The minimum atomic E-state index is 0. The van der Waals surface area contributed by atoms with Gasteiger partial charge in [-0.2, -0.15) is 5.10 Å². The fraction of sp³-hybridized carbons (Fsp3) is 0.444. The van der Waals surface area contributed by atoms with E-state index in [9.17, 15) is 4.79 Å². The van der Waals surface area contributed by atoms with Gasteiger partial charge in [0, 0.05) is 12.6 Å². The van der Waals surface area contributed by atoms with Crippen molar-refractivity contribution in [1.29, 1.82) is 0 Å². The number of nitrogens with one attached hydrogen (secondary N) is 2. The molecule has 1 fully saturated rings. The maximum atomic E-state index is 12.4. The standard InChI is InChI=1S/C18H24N4O.ClH/c1-12(2)16-10-17(20-18(23)14-8-9-19-11-14)22(21-16)15-6-4-13(3)5-7-15;/h4-7,10,12,14,19H,8-9,11H2,1-3H3,(H,20,23);1H. The molecule has 1 aromatic carbocycles. The van der Waals surface area contributed by atoms with Gasteiger partial charge < -0.3 is 10.6 Å². The van der Waals surface area contributed by atoms with Crippen LogP contribution in [-0.2, 0) is 4.79 Å². The summed E-state index contributed by atoms with van der Waals surface area (Å²) in [5.41, 5.74) is 3.14. The molecule has 2 heterocycles. The Balaban J connectivity index is 0.00000208. The number of amides is 1. The van der Waals surface area contributed by atoms with E-state index in [-0.39, 0.29) is 24.2 Å². The van der Waals surface area contributed by atoms with Crippen LogP contribution in [0.5, 0.6) is 0 Å². The molecule has 1 unspecified atom stereocenters. The van der Waals surface area contributed by atoms with Gasteiger partial charge in [-0.3, -0.25) is 4.79 Å². The van der Waals surface area contributed by atoms with Gasteiger partial charge in [0.15, 0.2) is 0 Å². The summed E-state index contributed by atoms with van der Waals surface area (Å²) in [7, 11) is 0. The lowest BCUT2D eigenvalue weighted by Crippen LogP contribution is -2.25. The summed E-state index contributed by atoms with van der Waals surface area (Å²) in [6.07, 6.45) is 0.890. The van der Waals surface area contributed by atoms with Crippen molar-refractivity contribution in [2.75, 3.05) is 18.4 Å². The lowest BCUT2D eigenvalue weighted by Gasteiger charge is -2.12. The third-order valence-corrected chi connectivity index (χ3v) is 4.28. The highest BCUT2D eigenvalue weighted by molar-refractivity contribution is 5.92. The fourth-order valence-corrected chi connectivity index (χ4v) is 2.76. The Labute approximate surface area is 149 Å². The molecule has 5 nitrogen and oxygen atoms in total. The van der Waals surface area contributed by atoms with E-state index in [0.29, 0.717) is 5.92 Å². The van der Waals surface area contributed by atoms with Crippen LogP contribution in [0.25, 0.3) is 5.69 Å². The van der Waals surface area contributed by atoms with Crippen molar-refractivity contribution in [3.8, 4) is 5.69 Å². The van der Waals surface area contributed by atoms with Crippen molar-refractivity contribution in [1.82, 2.24) is 15.1 Å². The molecular weight excluding hydrogens is 324 g/mol. The van der Waals surface area contributed by atoms with Gasteiger partial charge in [-0.1, -0.05) is 31.5 Å². The number of aryl methyl sites for hydroxylation is 1. The Morgan fingerprint density at radius 2 is 2.04 bits per heavy atom. The quantitative estimate of drug-likeness (QED) is 0.891. The zero-order chi connectivity index (χ0) is 16.4. The van der Waals surface area contributed by atoms with E-state index in [1.807, 2.05) is 22.9 Å². The SMILES string of the molecule is Cc1ccc(-n2nc(C(C)C)cc2NC(=O)C2CCNC2)cc1.Cl. The number of nitrogens with zero attached hydrogens (tertiary/aromatic N) is 2. The summed E-state index contributed by atoms with van der Waals surface area (Å²) < 4.78 is 1.83. The van der Waals surface area contributed by atoms with E-state index < -0.39 is 0 Å². The highest BCUT2D eigenvalue weighted by Crippen LogP contribution is 2.23. The second-order valence-electron chi connectivity index (χ2n) is 6.54. The monoisotopic (exact) mass is 348 g/mol. The largest absolute Gasteiger partial charge is 0.316 e. The van der Waals surface area contributed by atoms with Crippen LogP contribution in [0.15, 0.2) is 30.3 Å². The number of hydrogen-bond donors (Lipinski definition) is 2. The molecule has 0 radical (unpaired) electrons. The Kier molecular flexibility index (Phi) is 6.02. The van der Waals surface area contributed by atoms with Crippen LogP contribution in [0.2, 0.25) is 0 Å². The van der Waals surface area contributed by atoms with Gasteiger partial charge in [-0.15, -0.1) is 12.4 Å². The molecule has 2 aromatic rings. The Bertz CT molecular complexity index is 688. The van der Waals surface area contributed by atoms with Gasteiger partial charge >= 0.3 is 0 Å². The number of hydrogen-bond acceptors (Lipinski definition) is 3. The summed E-state index contributed by atoms with van der Waals surface area (Å²) in [4.78, 5) is 12.4. The summed E-state index contributed by atoms with van der Waals surface area (Å²) >= 11 is 0. The molecule has 0 saturated carbocycles. The van der Waals surface area contributed by atoms with Crippen molar-refractivity contribution in [2.45, 2.75) is 33.1 Å². The maximum Gasteiger partial charge on any atom is 0.229 e. The van der Waals surface area contributed by atoms with Crippen molar-refractivity contribution in [2.24, 2.45) is 5.92 Å². The van der Waals surface area contributed by atoms with E-state index in [1.165, 1.54) is 5.56 Å². The predicted octanol–water partition coefficient (Wildman–Crippen LogP) is 3.27. The third kappa shape index (κ3) is 3.97. The molecule has 1 amide bonds. The third-order valence-electron chi connectivity index (χ3n) is 4.28. The molecule has 0 spiro atoms. The average molecular weight is 349 g/mol. The van der Waals surface area contributed by atoms with E-state index in [1.54, 1.807) is 0 Å². The minimum absolute atomic E-state index is 0. The smallest absolute Gasteiger partial charge is 0.229 e. The molecule has 3 rings (SSSR count). The summed E-state index contributed by atoms with van der Waals surface area (Å²) in [6.45, 7) is 7.93. The lowest BCUT2D eigenvalue weighted by molar-refractivity contribution is -0.119. The molecule has 1 aliphatic heterocycles. The molecule has 0 bridgehead atoms. The first-order valence-electron chi connectivity index (χ1n) is 8.23. The van der Waals surface area contributed by atoms with Gasteiger partial charge in [0.2, 0.25) is 5.91 Å². The van der Waals surface area contributed by atoms with E-state index in [2.05, 4.69) is 48.6 Å². The van der Waals surface area contributed by atoms with Gasteiger partial charge in [0.1, 0.15) is 5.82 Å². The van der Waals surface area contributed by atoms with Crippen LogP contribution >= 0.6 is 12.4 Å². The number of halogens is 1. The molecule has 130 valence electrons. The number of rotatable bonds is 4. The highest BCUT2D eigenvalue weighted by Gasteiger charge is 2.24. The lowest BCUT2D eigenvalue weighted by atomic mass is 10.1. The first kappa shape index (κ1) is 18.5. The van der Waals surface area contributed by atoms with Crippen LogP contribution < -0.4 is 10.6 Å². The minimum Gasteiger partial charge on any atom is -0.316 e. The second-order valence-corrected chi connectivity index (χ2v) is 6.54. The zero-order valence-electron chi connectivity index (χ0n) is 14.4. The molecule has 24 heavy (non-hydrogen) atoms. The zero-order valence-corrected chi connectivity index (χ0v) is 15.2. The van der Waals surface area contributed by atoms with Crippen LogP contribution in [0.1, 0.15) is 37.4 Å². The van der Waals surface area contributed by atoms with Gasteiger partial charge in [-0.05, 0) is 37.9 Å². The van der Waals surface area contributed by atoms with Crippen LogP contribution in [0, 0.1) is 12.8 Å². The summed E-state index contributed by atoms with van der Waals surface area (Å²) in [5.74, 6) is 1.16. The molecule has 1 saturated heterocycles. The molecule has 1 atom stereocenters. The number of aromatic nitrogens is 2. The van der Waals surface area contributed by atoms with Crippen molar-refractivity contribution < 1.29 is 4.79 Å². The summed E-state index contributed by atoms with van der Waals surface area (Å²) in [6, 6.07) is 10.1. The van der Waals surface area contributed by atoms with E-state index >= 15 is 0 Å². The van der Waals surface area contributed by atoms with Crippen molar-refractivity contribution >= 4 is 24.1 Å². The first-order valence-corrected chi connectivity index (χ1v) is 8.23. The molecule has 1 aromatic heterocycles.